The van der Waals surface area contributed by atoms with E-state index < -0.39 is 5.97 Å². The number of hydrogen-bond donors (Lipinski definition) is 1. The maximum Gasteiger partial charge on any atom is 0.329 e. The molecule has 0 bridgehead atoms. The molecule has 0 atom stereocenters. The Morgan fingerprint density at radius 3 is 2.18 bits per heavy atom. The van der Waals surface area contributed by atoms with Crippen LogP contribution in [0, 0.1) is 0 Å². The highest BCUT2D eigenvalue weighted by Gasteiger charge is 2.13. The van der Waals surface area contributed by atoms with Gasteiger partial charge in [-0.2, -0.15) is 0 Å². The molecule has 5 nitrogen and oxygen atoms in total. The van der Waals surface area contributed by atoms with E-state index in [-0.39, 0.29) is 12.1 Å². The number of benzene rings is 2. The lowest BCUT2D eigenvalue weighted by molar-refractivity contribution is -0.137. The molecule has 0 unspecified atom stereocenters. The molecule has 0 aliphatic rings. The Balaban J connectivity index is 1.71. The van der Waals surface area contributed by atoms with Crippen LogP contribution in [0.2, 0.25) is 5.02 Å². The number of nitrogens with zero attached hydrogens (tertiary/aromatic N) is 2. The van der Waals surface area contributed by atoms with Gasteiger partial charge in [-0.1, -0.05) is 61.2 Å². The average molecular weight is 401 g/mol. The monoisotopic (exact) mass is 400 g/mol. The van der Waals surface area contributed by atoms with Crippen molar-refractivity contribution in [3.63, 3.8) is 0 Å². The maximum absolute atomic E-state index is 13.1. The quantitative estimate of drug-likeness (QED) is 0.491. The first-order valence-corrected chi connectivity index (χ1v) is 10.1. The van der Waals surface area contributed by atoms with Gasteiger partial charge in [-0.25, -0.2) is 4.79 Å². The first kappa shape index (κ1) is 20.2. The highest BCUT2D eigenvalue weighted by Crippen LogP contribution is 2.19. The molecular formula is C22H25ClN2O3. The van der Waals surface area contributed by atoms with Gasteiger partial charge in [-0.3, -0.25) is 13.9 Å². The molecule has 1 heterocycles. The van der Waals surface area contributed by atoms with Crippen LogP contribution in [-0.2, 0) is 17.9 Å². The van der Waals surface area contributed by atoms with Crippen LogP contribution in [0.1, 0.15) is 44.1 Å². The van der Waals surface area contributed by atoms with Crippen molar-refractivity contribution in [1.29, 1.82) is 0 Å². The fraction of sp³-hybridized carbons (Fsp3) is 0.364. The summed E-state index contributed by atoms with van der Waals surface area (Å²) >= 11 is 6.29. The zero-order chi connectivity index (χ0) is 19.9. The summed E-state index contributed by atoms with van der Waals surface area (Å²) in [5.41, 5.74) is 2.75. The number of aliphatic carboxylic acids is 1. The van der Waals surface area contributed by atoms with E-state index in [2.05, 4.69) is 0 Å². The molecule has 1 N–H and O–H groups in total. The number of carboxylic acids is 1. The summed E-state index contributed by atoms with van der Waals surface area (Å²) in [7, 11) is 0. The number of unbranched alkanes of at least 4 members (excludes halogenated alkanes) is 4. The first-order chi connectivity index (χ1) is 13.6. The van der Waals surface area contributed by atoms with Gasteiger partial charge in [0.05, 0.1) is 17.6 Å². The summed E-state index contributed by atoms with van der Waals surface area (Å²) in [6.45, 7) is 1.11. The van der Waals surface area contributed by atoms with Gasteiger partial charge in [0.15, 0.2) is 0 Å². The van der Waals surface area contributed by atoms with Crippen molar-refractivity contribution >= 4 is 28.6 Å². The Morgan fingerprint density at radius 2 is 1.46 bits per heavy atom. The second-order valence-electron chi connectivity index (χ2n) is 7.01. The molecule has 0 radical (unpaired) electrons. The molecule has 0 saturated carbocycles. The molecule has 148 valence electrons. The average Bonchev–Trinajstić information content (AvgIpc) is 2.94. The molecule has 0 saturated heterocycles. The molecule has 28 heavy (non-hydrogen) atoms. The summed E-state index contributed by atoms with van der Waals surface area (Å²) in [6, 6.07) is 15.4. The van der Waals surface area contributed by atoms with Gasteiger partial charge in [-0.15, -0.1) is 0 Å². The number of fused-ring (bicyclic) bond motifs is 1. The highest BCUT2D eigenvalue weighted by atomic mass is 35.5. The van der Waals surface area contributed by atoms with E-state index in [1.807, 2.05) is 53.1 Å². The van der Waals surface area contributed by atoms with Gasteiger partial charge < -0.3 is 5.11 Å². The minimum Gasteiger partial charge on any atom is -0.481 e. The van der Waals surface area contributed by atoms with E-state index in [0.29, 0.717) is 24.5 Å². The van der Waals surface area contributed by atoms with Crippen molar-refractivity contribution in [1.82, 2.24) is 9.13 Å². The van der Waals surface area contributed by atoms with Crippen LogP contribution in [0.25, 0.3) is 11.0 Å². The molecule has 2 aromatic carbocycles. The molecule has 0 aliphatic carbocycles. The zero-order valence-corrected chi connectivity index (χ0v) is 16.6. The second kappa shape index (κ2) is 9.60. The number of rotatable bonds is 10. The molecule has 1 aromatic heterocycles. The molecule has 0 fully saturated rings. The predicted octanol–water partition coefficient (Wildman–Crippen LogP) is 4.93. The number of halogens is 1. The topological polar surface area (TPSA) is 64.2 Å². The largest absolute Gasteiger partial charge is 0.481 e. The molecule has 0 spiro atoms. The van der Waals surface area contributed by atoms with E-state index in [9.17, 15) is 9.59 Å². The predicted molar refractivity (Wildman–Crippen MR) is 112 cm³/mol. The normalized spacial score (nSPS) is 11.2. The number of hydrogen-bond acceptors (Lipinski definition) is 2. The Kier molecular flexibility index (Phi) is 6.93. The smallest absolute Gasteiger partial charge is 0.329 e. The molecule has 3 aromatic rings. The summed E-state index contributed by atoms with van der Waals surface area (Å²) in [6.07, 6.45) is 4.72. The zero-order valence-electron chi connectivity index (χ0n) is 15.8. The molecule has 0 amide bonds. The van der Waals surface area contributed by atoms with Gasteiger partial charge >= 0.3 is 11.7 Å². The van der Waals surface area contributed by atoms with Crippen LogP contribution in [0.4, 0.5) is 0 Å². The lowest BCUT2D eigenvalue weighted by atomic mass is 10.1. The number of carbonyl (C=O) groups is 1. The number of aryl methyl sites for hydroxylation is 1. The van der Waals surface area contributed by atoms with Gasteiger partial charge in [-0.05, 0) is 36.6 Å². The minimum atomic E-state index is -0.738. The number of para-hydroxylation sites is 2. The van der Waals surface area contributed by atoms with Crippen LogP contribution < -0.4 is 5.69 Å². The van der Waals surface area contributed by atoms with E-state index in [0.717, 1.165) is 42.3 Å². The Bertz CT molecular complexity index is 1010. The molecule has 3 rings (SSSR count). The van der Waals surface area contributed by atoms with Crippen LogP contribution in [0.15, 0.2) is 53.3 Å². The summed E-state index contributed by atoms with van der Waals surface area (Å²) in [5, 5.41) is 9.33. The Hall–Kier alpha value is -2.53. The van der Waals surface area contributed by atoms with Crippen LogP contribution in [-0.4, -0.2) is 20.2 Å². The standard InChI is InChI=1S/C22H25ClN2O3/c23-18-11-6-5-10-17(18)16-25-20-13-8-7-12-19(20)24(22(25)28)15-9-3-1-2-4-14-21(26)27/h5-8,10-13H,1-4,9,14-16H2,(H,26,27). The van der Waals surface area contributed by atoms with Crippen LogP contribution in [0.3, 0.4) is 0 Å². The third kappa shape index (κ3) is 4.84. The van der Waals surface area contributed by atoms with Gasteiger partial charge in [0.2, 0.25) is 0 Å². The van der Waals surface area contributed by atoms with Gasteiger partial charge in [0, 0.05) is 18.0 Å². The SMILES string of the molecule is O=C(O)CCCCCCCn1c(=O)n(Cc2ccccc2Cl)c2ccccc21. The third-order valence-electron chi connectivity index (χ3n) is 4.98. The fourth-order valence-corrected chi connectivity index (χ4v) is 3.71. The van der Waals surface area contributed by atoms with E-state index in [1.165, 1.54) is 0 Å². The fourth-order valence-electron chi connectivity index (χ4n) is 3.51. The number of imidazole rings is 1. The number of carboxylic acid groups (broad SMARTS) is 1. The summed E-state index contributed by atoms with van der Waals surface area (Å²) < 4.78 is 3.62. The van der Waals surface area contributed by atoms with E-state index in [4.69, 9.17) is 16.7 Å². The van der Waals surface area contributed by atoms with E-state index >= 15 is 0 Å². The molecule has 0 aliphatic heterocycles. The highest BCUT2D eigenvalue weighted by molar-refractivity contribution is 6.31. The summed E-state index contributed by atoms with van der Waals surface area (Å²) in [5.74, 6) is -0.738. The number of aromatic nitrogens is 2. The van der Waals surface area contributed by atoms with Crippen molar-refractivity contribution < 1.29 is 9.90 Å². The van der Waals surface area contributed by atoms with E-state index in [1.54, 1.807) is 4.57 Å². The van der Waals surface area contributed by atoms with Crippen molar-refractivity contribution in [2.24, 2.45) is 0 Å². The van der Waals surface area contributed by atoms with Crippen molar-refractivity contribution in [2.75, 3.05) is 0 Å². The Morgan fingerprint density at radius 1 is 0.857 bits per heavy atom. The minimum absolute atomic E-state index is 0.0213. The lowest BCUT2D eigenvalue weighted by Crippen LogP contribution is -2.25. The lowest BCUT2D eigenvalue weighted by Gasteiger charge is -2.05. The third-order valence-corrected chi connectivity index (χ3v) is 5.35. The van der Waals surface area contributed by atoms with Crippen LogP contribution >= 0.6 is 11.6 Å². The first-order valence-electron chi connectivity index (χ1n) is 9.71. The Labute approximate surface area is 169 Å². The molecule has 6 heteroatoms. The summed E-state index contributed by atoms with van der Waals surface area (Å²) in [4.78, 5) is 23.6. The van der Waals surface area contributed by atoms with Gasteiger partial charge in [0.1, 0.15) is 0 Å². The van der Waals surface area contributed by atoms with Gasteiger partial charge in [0.25, 0.3) is 0 Å². The van der Waals surface area contributed by atoms with Crippen LogP contribution in [0.5, 0.6) is 0 Å². The molecular weight excluding hydrogens is 376 g/mol. The van der Waals surface area contributed by atoms with Crippen molar-refractivity contribution in [3.8, 4) is 0 Å². The maximum atomic E-state index is 13.1. The second-order valence-corrected chi connectivity index (χ2v) is 7.42. The van der Waals surface area contributed by atoms with Crippen molar-refractivity contribution in [2.45, 2.75) is 51.6 Å². The van der Waals surface area contributed by atoms with Crippen molar-refractivity contribution in [3.05, 3.63) is 69.6 Å².